The second kappa shape index (κ2) is 6.78. The molecule has 0 amide bonds. The van der Waals surface area contributed by atoms with Gasteiger partial charge in [0.25, 0.3) is 0 Å². The van der Waals surface area contributed by atoms with Crippen molar-refractivity contribution in [1.82, 2.24) is 20.2 Å². The molecule has 0 aliphatic heterocycles. The summed E-state index contributed by atoms with van der Waals surface area (Å²) in [4.78, 5) is 12.2. The Morgan fingerprint density at radius 1 is 1.17 bits per heavy atom. The molecule has 8 nitrogen and oxygen atoms in total. The zero-order chi connectivity index (χ0) is 16.9. The smallest absolute Gasteiger partial charge is 0.342 e. The van der Waals surface area contributed by atoms with Crippen molar-refractivity contribution in [3.05, 3.63) is 59.9 Å². The van der Waals surface area contributed by atoms with Crippen LogP contribution in [0.2, 0.25) is 0 Å². The molecule has 0 aliphatic rings. The first-order valence-electron chi connectivity index (χ1n) is 7.06. The van der Waals surface area contributed by atoms with Crippen LogP contribution in [0.3, 0.4) is 0 Å². The fraction of sp³-hybridized carbons (Fsp3) is 0.125. The van der Waals surface area contributed by atoms with E-state index in [2.05, 4.69) is 15.5 Å². The van der Waals surface area contributed by atoms with E-state index in [1.807, 2.05) is 30.3 Å². The number of para-hydroxylation sites is 2. The average molecular weight is 326 g/mol. The quantitative estimate of drug-likeness (QED) is 0.713. The van der Waals surface area contributed by atoms with Gasteiger partial charge in [-0.05, 0) is 34.7 Å². The molecule has 0 bridgehead atoms. The highest BCUT2D eigenvalue weighted by atomic mass is 16.5. The second-order valence-corrected chi connectivity index (χ2v) is 4.78. The molecule has 0 aliphatic carbocycles. The third kappa shape index (κ3) is 3.02. The predicted molar refractivity (Wildman–Crippen MR) is 82.9 cm³/mol. The van der Waals surface area contributed by atoms with E-state index in [9.17, 15) is 9.90 Å². The van der Waals surface area contributed by atoms with Gasteiger partial charge in [-0.15, -0.1) is 5.10 Å². The largest absolute Gasteiger partial charge is 0.504 e. The van der Waals surface area contributed by atoms with Gasteiger partial charge in [-0.2, -0.15) is 4.68 Å². The number of phenolic OH excluding ortho intramolecular Hbond substituents is 1. The van der Waals surface area contributed by atoms with Gasteiger partial charge in [0.2, 0.25) is 0 Å². The molecule has 3 aromatic rings. The van der Waals surface area contributed by atoms with E-state index in [-0.39, 0.29) is 23.7 Å². The van der Waals surface area contributed by atoms with Crippen molar-refractivity contribution in [2.75, 3.05) is 7.11 Å². The molecule has 122 valence electrons. The number of rotatable bonds is 5. The minimum absolute atomic E-state index is 0.00749. The van der Waals surface area contributed by atoms with Gasteiger partial charge in [-0.3, -0.25) is 0 Å². The minimum Gasteiger partial charge on any atom is -0.504 e. The molecule has 24 heavy (non-hydrogen) atoms. The lowest BCUT2D eigenvalue weighted by molar-refractivity contribution is 0.0455. The first-order chi connectivity index (χ1) is 11.7. The van der Waals surface area contributed by atoms with Gasteiger partial charge in [-0.1, -0.05) is 24.3 Å². The van der Waals surface area contributed by atoms with Gasteiger partial charge < -0.3 is 14.6 Å². The summed E-state index contributed by atoms with van der Waals surface area (Å²) < 4.78 is 11.6. The molecule has 3 rings (SSSR count). The number of methoxy groups -OCH3 is 1. The Hall–Kier alpha value is -3.42. The molecule has 8 heteroatoms. The van der Waals surface area contributed by atoms with Crippen LogP contribution in [0.25, 0.3) is 5.69 Å². The van der Waals surface area contributed by atoms with Crippen LogP contribution in [-0.2, 0) is 11.3 Å². The fourth-order valence-corrected chi connectivity index (χ4v) is 2.13. The molecule has 0 saturated carbocycles. The first kappa shape index (κ1) is 15.5. The number of benzene rings is 2. The highest BCUT2D eigenvalue weighted by Crippen LogP contribution is 2.29. The zero-order valence-corrected chi connectivity index (χ0v) is 12.8. The molecule has 0 fully saturated rings. The summed E-state index contributed by atoms with van der Waals surface area (Å²) in [6.45, 7) is -0.141. The number of carbonyl (C=O) groups excluding carboxylic acids is 1. The summed E-state index contributed by atoms with van der Waals surface area (Å²) in [5.41, 5.74) is 0.755. The number of hydrogen-bond donors (Lipinski definition) is 1. The molecule has 2 aromatic carbocycles. The lowest BCUT2D eigenvalue weighted by Crippen LogP contribution is -2.10. The van der Waals surface area contributed by atoms with Crippen LogP contribution in [0, 0.1) is 0 Å². The van der Waals surface area contributed by atoms with Crippen molar-refractivity contribution in [3.8, 4) is 17.2 Å². The SMILES string of the molecule is COc1cccc(C(=O)OCc2nnnn2-c2ccccc2)c1O. The average Bonchev–Trinajstić information content (AvgIpc) is 3.09. The van der Waals surface area contributed by atoms with E-state index >= 15 is 0 Å². The van der Waals surface area contributed by atoms with Crippen molar-refractivity contribution in [3.63, 3.8) is 0 Å². The Morgan fingerprint density at radius 3 is 2.71 bits per heavy atom. The number of tetrazole rings is 1. The number of phenols is 1. The molecule has 0 spiro atoms. The standard InChI is InChI=1S/C16H14N4O4/c1-23-13-9-5-8-12(15(13)21)16(22)24-10-14-17-18-19-20(14)11-6-3-2-4-7-11/h2-9,21H,10H2,1H3. The van der Waals surface area contributed by atoms with Gasteiger partial charge in [0.15, 0.2) is 23.9 Å². The number of esters is 1. The third-order valence-corrected chi connectivity index (χ3v) is 3.31. The Kier molecular flexibility index (Phi) is 4.37. The Bertz CT molecular complexity index is 848. The molecule has 0 radical (unpaired) electrons. The normalized spacial score (nSPS) is 10.4. The van der Waals surface area contributed by atoms with E-state index < -0.39 is 5.97 Å². The zero-order valence-electron chi connectivity index (χ0n) is 12.8. The summed E-state index contributed by atoms with van der Waals surface area (Å²) in [6, 6.07) is 13.8. The Balaban J connectivity index is 1.76. The Morgan fingerprint density at radius 2 is 1.96 bits per heavy atom. The number of aromatic nitrogens is 4. The number of carbonyl (C=O) groups is 1. The van der Waals surface area contributed by atoms with Gasteiger partial charge in [0.1, 0.15) is 5.56 Å². The minimum atomic E-state index is -0.700. The number of ether oxygens (including phenoxy) is 2. The number of aromatic hydroxyl groups is 1. The fourth-order valence-electron chi connectivity index (χ4n) is 2.13. The van der Waals surface area contributed by atoms with Crippen LogP contribution < -0.4 is 4.74 Å². The van der Waals surface area contributed by atoms with Crippen molar-refractivity contribution < 1.29 is 19.4 Å². The summed E-state index contributed by atoms with van der Waals surface area (Å²) in [6.07, 6.45) is 0. The lowest BCUT2D eigenvalue weighted by atomic mass is 10.2. The van der Waals surface area contributed by atoms with Gasteiger partial charge in [0.05, 0.1) is 12.8 Å². The van der Waals surface area contributed by atoms with E-state index in [0.29, 0.717) is 5.82 Å². The summed E-state index contributed by atoms with van der Waals surface area (Å²) in [7, 11) is 1.40. The maximum absolute atomic E-state index is 12.2. The number of nitrogens with zero attached hydrogens (tertiary/aromatic N) is 4. The Labute approximate surface area is 137 Å². The van der Waals surface area contributed by atoms with Gasteiger partial charge in [-0.25, -0.2) is 4.79 Å². The molecule has 1 heterocycles. The second-order valence-electron chi connectivity index (χ2n) is 4.78. The van der Waals surface area contributed by atoms with Gasteiger partial charge >= 0.3 is 5.97 Å². The lowest BCUT2D eigenvalue weighted by Gasteiger charge is -2.09. The van der Waals surface area contributed by atoms with Crippen LogP contribution in [-0.4, -0.2) is 38.4 Å². The highest BCUT2D eigenvalue weighted by Gasteiger charge is 2.18. The van der Waals surface area contributed by atoms with Crippen LogP contribution in [0.15, 0.2) is 48.5 Å². The first-order valence-corrected chi connectivity index (χ1v) is 7.06. The molecule has 0 unspecified atom stereocenters. The van der Waals surface area contributed by atoms with Crippen molar-refractivity contribution >= 4 is 5.97 Å². The van der Waals surface area contributed by atoms with Crippen molar-refractivity contribution in [2.24, 2.45) is 0 Å². The van der Waals surface area contributed by atoms with Crippen LogP contribution in [0.5, 0.6) is 11.5 Å². The molecular formula is C16H14N4O4. The van der Waals surface area contributed by atoms with Crippen LogP contribution in [0.1, 0.15) is 16.2 Å². The topological polar surface area (TPSA) is 99.4 Å². The van der Waals surface area contributed by atoms with Crippen molar-refractivity contribution in [2.45, 2.75) is 6.61 Å². The maximum Gasteiger partial charge on any atom is 0.342 e. The summed E-state index contributed by atoms with van der Waals surface area (Å²) in [5.74, 6) is -0.419. The molecule has 1 N–H and O–H groups in total. The number of hydrogen-bond acceptors (Lipinski definition) is 7. The third-order valence-electron chi connectivity index (χ3n) is 3.31. The van der Waals surface area contributed by atoms with Gasteiger partial charge in [0, 0.05) is 0 Å². The van der Waals surface area contributed by atoms with E-state index in [1.165, 1.54) is 17.9 Å². The maximum atomic E-state index is 12.2. The summed E-state index contributed by atoms with van der Waals surface area (Å²) in [5, 5.41) is 21.3. The van der Waals surface area contributed by atoms with Crippen LogP contribution in [0.4, 0.5) is 0 Å². The van der Waals surface area contributed by atoms with E-state index in [1.54, 1.807) is 12.1 Å². The van der Waals surface area contributed by atoms with Crippen molar-refractivity contribution in [1.29, 1.82) is 0 Å². The summed E-state index contributed by atoms with van der Waals surface area (Å²) >= 11 is 0. The highest BCUT2D eigenvalue weighted by molar-refractivity contribution is 5.93. The monoisotopic (exact) mass is 326 g/mol. The molecule has 0 atom stereocenters. The predicted octanol–water partition coefficient (Wildman–Crippen LogP) is 1.73. The van der Waals surface area contributed by atoms with Crippen LogP contribution >= 0.6 is 0 Å². The molecule has 1 aromatic heterocycles. The molecular weight excluding hydrogens is 312 g/mol. The molecule has 0 saturated heterocycles. The van der Waals surface area contributed by atoms with E-state index in [4.69, 9.17) is 9.47 Å². The van der Waals surface area contributed by atoms with E-state index in [0.717, 1.165) is 5.69 Å².